The summed E-state index contributed by atoms with van der Waals surface area (Å²) in [5, 5.41) is 16.1. The number of hydrogen-bond acceptors (Lipinski definition) is 4. The standard InChI is InChI=1S/C11H17N3OS/c12-11(13-15)10-2-1-5-14(10)6-3-9-4-7-16-8-9/h4,7-8,10,15H,1-3,5-6H2,(H2,12,13). The van der Waals surface area contributed by atoms with Crippen LogP contribution >= 0.6 is 11.3 Å². The maximum absolute atomic E-state index is 8.70. The Kier molecular flexibility index (Phi) is 3.79. The Morgan fingerprint density at radius 1 is 1.69 bits per heavy atom. The normalized spacial score (nSPS) is 22.8. The van der Waals surface area contributed by atoms with Crippen molar-refractivity contribution in [2.45, 2.75) is 25.3 Å². The average molecular weight is 239 g/mol. The van der Waals surface area contributed by atoms with E-state index in [0.717, 1.165) is 32.4 Å². The summed E-state index contributed by atoms with van der Waals surface area (Å²) in [6.07, 6.45) is 3.17. The summed E-state index contributed by atoms with van der Waals surface area (Å²) in [4.78, 5) is 2.30. The molecular weight excluding hydrogens is 222 g/mol. The number of hydrogen-bond donors (Lipinski definition) is 2. The molecule has 1 aromatic rings. The Balaban J connectivity index is 1.89. The molecule has 0 saturated carbocycles. The van der Waals surface area contributed by atoms with Gasteiger partial charge in [0, 0.05) is 6.54 Å². The second kappa shape index (κ2) is 5.32. The molecule has 1 aliphatic rings. The van der Waals surface area contributed by atoms with Crippen LogP contribution in [0.4, 0.5) is 0 Å². The number of thiophene rings is 1. The second-order valence-electron chi connectivity index (χ2n) is 4.10. The third-order valence-electron chi connectivity index (χ3n) is 3.09. The minimum absolute atomic E-state index is 0.128. The second-order valence-corrected chi connectivity index (χ2v) is 4.88. The van der Waals surface area contributed by atoms with Crippen LogP contribution in [0.1, 0.15) is 18.4 Å². The minimum Gasteiger partial charge on any atom is -0.409 e. The Bertz CT molecular complexity index is 350. The maximum atomic E-state index is 8.70. The van der Waals surface area contributed by atoms with Gasteiger partial charge in [0.1, 0.15) is 0 Å². The van der Waals surface area contributed by atoms with E-state index in [0.29, 0.717) is 5.84 Å². The topological polar surface area (TPSA) is 61.9 Å². The summed E-state index contributed by atoms with van der Waals surface area (Å²) >= 11 is 1.73. The number of amidine groups is 1. The largest absolute Gasteiger partial charge is 0.409 e. The van der Waals surface area contributed by atoms with Crippen molar-refractivity contribution in [1.29, 1.82) is 0 Å². The monoisotopic (exact) mass is 239 g/mol. The fourth-order valence-corrected chi connectivity index (χ4v) is 2.91. The lowest BCUT2D eigenvalue weighted by Gasteiger charge is -2.22. The fraction of sp³-hybridized carbons (Fsp3) is 0.545. The lowest BCUT2D eigenvalue weighted by Crippen LogP contribution is -2.41. The van der Waals surface area contributed by atoms with E-state index in [1.807, 2.05) is 0 Å². The van der Waals surface area contributed by atoms with Gasteiger partial charge in [0.25, 0.3) is 0 Å². The molecule has 1 saturated heterocycles. The lowest BCUT2D eigenvalue weighted by atomic mass is 10.2. The summed E-state index contributed by atoms with van der Waals surface area (Å²) < 4.78 is 0. The number of oxime groups is 1. The molecular formula is C11H17N3OS. The van der Waals surface area contributed by atoms with Crippen molar-refractivity contribution in [2.75, 3.05) is 13.1 Å². The zero-order valence-electron chi connectivity index (χ0n) is 9.17. The predicted molar refractivity (Wildman–Crippen MR) is 66.0 cm³/mol. The van der Waals surface area contributed by atoms with Gasteiger partial charge in [-0.2, -0.15) is 11.3 Å². The van der Waals surface area contributed by atoms with Crippen LogP contribution in [0.5, 0.6) is 0 Å². The molecule has 2 rings (SSSR count). The van der Waals surface area contributed by atoms with Gasteiger partial charge in [-0.25, -0.2) is 0 Å². The first-order valence-corrected chi connectivity index (χ1v) is 6.48. The molecule has 0 radical (unpaired) electrons. The van der Waals surface area contributed by atoms with Crippen LogP contribution in [-0.4, -0.2) is 35.1 Å². The summed E-state index contributed by atoms with van der Waals surface area (Å²) in [5.41, 5.74) is 7.05. The third kappa shape index (κ3) is 2.54. The van der Waals surface area contributed by atoms with E-state index in [-0.39, 0.29) is 6.04 Å². The highest BCUT2D eigenvalue weighted by atomic mass is 32.1. The fourth-order valence-electron chi connectivity index (χ4n) is 2.20. The molecule has 1 aliphatic heterocycles. The van der Waals surface area contributed by atoms with E-state index >= 15 is 0 Å². The molecule has 1 atom stereocenters. The molecule has 1 fully saturated rings. The van der Waals surface area contributed by atoms with Gasteiger partial charge in [-0.15, -0.1) is 0 Å². The van der Waals surface area contributed by atoms with Gasteiger partial charge < -0.3 is 10.9 Å². The van der Waals surface area contributed by atoms with Gasteiger partial charge in [0.2, 0.25) is 0 Å². The Morgan fingerprint density at radius 2 is 2.56 bits per heavy atom. The van der Waals surface area contributed by atoms with Crippen molar-refractivity contribution in [1.82, 2.24) is 4.90 Å². The molecule has 5 heteroatoms. The highest BCUT2D eigenvalue weighted by molar-refractivity contribution is 7.07. The van der Waals surface area contributed by atoms with Gasteiger partial charge in [-0.05, 0) is 48.2 Å². The highest BCUT2D eigenvalue weighted by Crippen LogP contribution is 2.18. The van der Waals surface area contributed by atoms with Crippen LogP contribution in [-0.2, 0) is 6.42 Å². The van der Waals surface area contributed by atoms with Gasteiger partial charge in [-0.3, -0.25) is 4.90 Å². The van der Waals surface area contributed by atoms with Crippen molar-refractivity contribution in [2.24, 2.45) is 10.9 Å². The molecule has 1 aromatic heterocycles. The van der Waals surface area contributed by atoms with E-state index < -0.39 is 0 Å². The first-order chi connectivity index (χ1) is 7.81. The minimum atomic E-state index is 0.128. The molecule has 0 amide bonds. The van der Waals surface area contributed by atoms with E-state index in [2.05, 4.69) is 26.9 Å². The van der Waals surface area contributed by atoms with Crippen molar-refractivity contribution in [3.8, 4) is 0 Å². The Labute approximate surface area is 99.4 Å². The van der Waals surface area contributed by atoms with Gasteiger partial charge >= 0.3 is 0 Å². The molecule has 3 N–H and O–H groups in total. The molecule has 88 valence electrons. The van der Waals surface area contributed by atoms with E-state index in [9.17, 15) is 0 Å². The van der Waals surface area contributed by atoms with Crippen LogP contribution < -0.4 is 5.73 Å². The number of nitrogens with two attached hydrogens (primary N) is 1. The van der Waals surface area contributed by atoms with Crippen molar-refractivity contribution in [3.05, 3.63) is 22.4 Å². The molecule has 4 nitrogen and oxygen atoms in total. The smallest absolute Gasteiger partial charge is 0.156 e. The van der Waals surface area contributed by atoms with Crippen LogP contribution in [0.3, 0.4) is 0 Å². The number of likely N-dealkylation sites (tertiary alicyclic amines) is 1. The van der Waals surface area contributed by atoms with Gasteiger partial charge in [0.15, 0.2) is 5.84 Å². The third-order valence-corrected chi connectivity index (χ3v) is 3.82. The zero-order valence-corrected chi connectivity index (χ0v) is 9.99. The number of rotatable bonds is 4. The molecule has 0 aliphatic carbocycles. The van der Waals surface area contributed by atoms with E-state index in [4.69, 9.17) is 10.9 Å². The quantitative estimate of drug-likeness (QED) is 0.362. The van der Waals surface area contributed by atoms with E-state index in [1.54, 1.807) is 11.3 Å². The summed E-state index contributed by atoms with van der Waals surface area (Å²) in [7, 11) is 0. The predicted octanol–water partition coefficient (Wildman–Crippen LogP) is 1.50. The van der Waals surface area contributed by atoms with Gasteiger partial charge in [0.05, 0.1) is 6.04 Å². The van der Waals surface area contributed by atoms with E-state index in [1.165, 1.54) is 5.56 Å². The molecule has 2 heterocycles. The zero-order chi connectivity index (χ0) is 11.4. The number of nitrogens with zero attached hydrogens (tertiary/aromatic N) is 2. The van der Waals surface area contributed by atoms with Crippen molar-refractivity contribution < 1.29 is 5.21 Å². The molecule has 0 spiro atoms. The summed E-state index contributed by atoms with van der Waals surface area (Å²) in [6, 6.07) is 2.28. The average Bonchev–Trinajstić information content (AvgIpc) is 2.96. The SMILES string of the molecule is NC(=NO)C1CCCN1CCc1ccsc1. The van der Waals surface area contributed by atoms with Crippen LogP contribution in [0.25, 0.3) is 0 Å². The Morgan fingerprint density at radius 3 is 3.25 bits per heavy atom. The summed E-state index contributed by atoms with van der Waals surface area (Å²) in [6.45, 7) is 2.03. The van der Waals surface area contributed by atoms with Crippen molar-refractivity contribution >= 4 is 17.2 Å². The van der Waals surface area contributed by atoms with Crippen LogP contribution in [0.2, 0.25) is 0 Å². The molecule has 0 bridgehead atoms. The summed E-state index contributed by atoms with van der Waals surface area (Å²) in [5.74, 6) is 0.350. The lowest BCUT2D eigenvalue weighted by molar-refractivity contribution is 0.283. The molecule has 16 heavy (non-hydrogen) atoms. The first kappa shape index (κ1) is 11.4. The van der Waals surface area contributed by atoms with Crippen LogP contribution in [0.15, 0.2) is 22.0 Å². The first-order valence-electron chi connectivity index (χ1n) is 5.54. The Hall–Kier alpha value is -1.07. The maximum Gasteiger partial charge on any atom is 0.156 e. The molecule has 0 aromatic carbocycles. The highest BCUT2D eigenvalue weighted by Gasteiger charge is 2.27. The van der Waals surface area contributed by atoms with Crippen molar-refractivity contribution in [3.63, 3.8) is 0 Å². The molecule has 1 unspecified atom stereocenters. The van der Waals surface area contributed by atoms with Crippen LogP contribution in [0, 0.1) is 0 Å². The van der Waals surface area contributed by atoms with Gasteiger partial charge in [-0.1, -0.05) is 5.16 Å².